The molecule has 0 bridgehead atoms. The first kappa shape index (κ1) is 15.6. The molecule has 2 aromatic carbocycles. The van der Waals surface area contributed by atoms with Crippen LogP contribution in [0.4, 0.5) is 11.4 Å². The van der Waals surface area contributed by atoms with E-state index in [0.29, 0.717) is 10.0 Å². The molecule has 2 aromatic rings. The number of nitrogens with zero attached hydrogens (tertiary/aromatic N) is 1. The summed E-state index contributed by atoms with van der Waals surface area (Å²) >= 11 is 12.0. The lowest BCUT2D eigenvalue weighted by Crippen LogP contribution is -2.09. The Bertz CT molecular complexity index is 645. The van der Waals surface area contributed by atoms with Crippen LogP contribution in [0.25, 0.3) is 0 Å². The number of non-ortho nitro benzene ring substituents is 1. The van der Waals surface area contributed by atoms with Crippen molar-refractivity contribution >= 4 is 34.6 Å². The van der Waals surface area contributed by atoms with Crippen LogP contribution in [0.3, 0.4) is 0 Å². The van der Waals surface area contributed by atoms with Crippen LogP contribution < -0.4 is 5.32 Å². The molecule has 1 atom stereocenters. The summed E-state index contributed by atoms with van der Waals surface area (Å²) in [5.41, 5.74) is 1.91. The van der Waals surface area contributed by atoms with Crippen molar-refractivity contribution in [3.8, 4) is 0 Å². The summed E-state index contributed by atoms with van der Waals surface area (Å²) < 4.78 is 0. The van der Waals surface area contributed by atoms with Gasteiger partial charge in [0.25, 0.3) is 5.69 Å². The van der Waals surface area contributed by atoms with Crippen molar-refractivity contribution in [2.24, 2.45) is 0 Å². The molecule has 0 radical (unpaired) electrons. The fourth-order valence-corrected chi connectivity index (χ4v) is 2.34. The molecular weight excluding hydrogens is 311 g/mol. The molecule has 0 amide bonds. The van der Waals surface area contributed by atoms with E-state index < -0.39 is 4.92 Å². The van der Waals surface area contributed by atoms with Gasteiger partial charge in [0.2, 0.25) is 0 Å². The van der Waals surface area contributed by atoms with Gasteiger partial charge in [-0.05, 0) is 36.2 Å². The van der Waals surface area contributed by atoms with Gasteiger partial charge in [-0.2, -0.15) is 0 Å². The number of nitrogens with one attached hydrogen (secondary N) is 1. The monoisotopic (exact) mass is 324 g/mol. The summed E-state index contributed by atoms with van der Waals surface area (Å²) in [6.45, 7) is 2.05. The molecule has 0 fully saturated rings. The molecule has 6 heteroatoms. The summed E-state index contributed by atoms with van der Waals surface area (Å²) in [5.74, 6) is 0. The third kappa shape index (κ3) is 3.86. The Hall–Kier alpha value is -1.78. The zero-order chi connectivity index (χ0) is 15.4. The van der Waals surface area contributed by atoms with Crippen molar-refractivity contribution in [2.75, 3.05) is 5.32 Å². The Kier molecular flexibility index (Phi) is 5.04. The standard InChI is InChI=1S/C15H14Cl2N2O2/c1-2-15(10-3-8-13(16)14(17)9-10)18-11-4-6-12(7-5-11)19(20)21/h3-9,15,18H,2H2,1H3. The Balaban J connectivity index is 2.18. The third-order valence-corrected chi connectivity index (χ3v) is 3.91. The highest BCUT2D eigenvalue weighted by atomic mass is 35.5. The van der Waals surface area contributed by atoms with Gasteiger partial charge in [-0.15, -0.1) is 0 Å². The Morgan fingerprint density at radius 1 is 1.14 bits per heavy atom. The van der Waals surface area contributed by atoms with Crippen LogP contribution in [0.2, 0.25) is 10.0 Å². The van der Waals surface area contributed by atoms with E-state index in [1.165, 1.54) is 12.1 Å². The van der Waals surface area contributed by atoms with Crippen LogP contribution in [0.5, 0.6) is 0 Å². The zero-order valence-electron chi connectivity index (χ0n) is 11.3. The quantitative estimate of drug-likeness (QED) is 0.586. The van der Waals surface area contributed by atoms with Crippen LogP contribution >= 0.6 is 23.2 Å². The van der Waals surface area contributed by atoms with E-state index in [2.05, 4.69) is 5.32 Å². The maximum absolute atomic E-state index is 10.6. The lowest BCUT2D eigenvalue weighted by atomic mass is 10.0. The molecule has 0 heterocycles. The Morgan fingerprint density at radius 3 is 2.33 bits per heavy atom. The van der Waals surface area contributed by atoms with Crippen LogP contribution in [0, 0.1) is 10.1 Å². The van der Waals surface area contributed by atoms with E-state index in [9.17, 15) is 10.1 Å². The molecule has 0 saturated carbocycles. The second kappa shape index (κ2) is 6.78. The van der Waals surface area contributed by atoms with Crippen molar-refractivity contribution in [1.29, 1.82) is 0 Å². The van der Waals surface area contributed by atoms with E-state index in [1.807, 2.05) is 19.1 Å². The molecule has 2 rings (SSSR count). The largest absolute Gasteiger partial charge is 0.378 e. The second-order valence-electron chi connectivity index (χ2n) is 4.58. The Morgan fingerprint density at radius 2 is 1.81 bits per heavy atom. The predicted octanol–water partition coefficient (Wildman–Crippen LogP) is 5.46. The normalized spacial score (nSPS) is 12.0. The molecule has 21 heavy (non-hydrogen) atoms. The number of nitro benzene ring substituents is 1. The smallest absolute Gasteiger partial charge is 0.269 e. The fraction of sp³-hybridized carbons (Fsp3) is 0.200. The van der Waals surface area contributed by atoms with Gasteiger partial charge in [-0.3, -0.25) is 10.1 Å². The minimum atomic E-state index is -0.417. The van der Waals surface area contributed by atoms with Gasteiger partial charge in [0.05, 0.1) is 21.0 Å². The van der Waals surface area contributed by atoms with Gasteiger partial charge < -0.3 is 5.32 Å². The number of hydrogen-bond acceptors (Lipinski definition) is 3. The van der Waals surface area contributed by atoms with Gasteiger partial charge in [0.1, 0.15) is 0 Å². The average Bonchev–Trinajstić information content (AvgIpc) is 2.48. The highest BCUT2D eigenvalue weighted by molar-refractivity contribution is 6.42. The summed E-state index contributed by atoms with van der Waals surface area (Å²) in [6, 6.07) is 11.9. The van der Waals surface area contributed by atoms with E-state index in [0.717, 1.165) is 17.7 Å². The average molecular weight is 325 g/mol. The lowest BCUT2D eigenvalue weighted by molar-refractivity contribution is -0.384. The minimum absolute atomic E-state index is 0.0567. The van der Waals surface area contributed by atoms with Crippen molar-refractivity contribution in [2.45, 2.75) is 19.4 Å². The van der Waals surface area contributed by atoms with Crippen molar-refractivity contribution in [3.63, 3.8) is 0 Å². The van der Waals surface area contributed by atoms with E-state index in [-0.39, 0.29) is 11.7 Å². The number of nitro groups is 1. The van der Waals surface area contributed by atoms with Crippen molar-refractivity contribution in [3.05, 3.63) is 68.2 Å². The lowest BCUT2D eigenvalue weighted by Gasteiger charge is -2.19. The second-order valence-corrected chi connectivity index (χ2v) is 5.40. The third-order valence-electron chi connectivity index (χ3n) is 3.17. The summed E-state index contributed by atoms with van der Waals surface area (Å²) in [6.07, 6.45) is 0.842. The number of anilines is 1. The first-order valence-corrected chi connectivity index (χ1v) is 7.22. The van der Waals surface area contributed by atoms with Crippen molar-refractivity contribution in [1.82, 2.24) is 0 Å². The van der Waals surface area contributed by atoms with Gasteiger partial charge in [0.15, 0.2) is 0 Å². The molecule has 0 aliphatic heterocycles. The minimum Gasteiger partial charge on any atom is -0.378 e. The number of rotatable bonds is 5. The zero-order valence-corrected chi connectivity index (χ0v) is 12.9. The molecular formula is C15H14Cl2N2O2. The number of hydrogen-bond donors (Lipinski definition) is 1. The number of halogens is 2. The SMILES string of the molecule is CCC(Nc1ccc([N+](=O)[O-])cc1)c1ccc(Cl)c(Cl)c1. The maximum atomic E-state index is 10.6. The van der Waals surface area contributed by atoms with Crippen molar-refractivity contribution < 1.29 is 4.92 Å². The number of benzene rings is 2. The van der Waals surface area contributed by atoms with Crippen LogP contribution in [-0.2, 0) is 0 Å². The highest BCUT2D eigenvalue weighted by Gasteiger charge is 2.12. The van der Waals surface area contributed by atoms with E-state index >= 15 is 0 Å². The topological polar surface area (TPSA) is 55.2 Å². The van der Waals surface area contributed by atoms with E-state index in [4.69, 9.17) is 23.2 Å². The van der Waals surface area contributed by atoms with E-state index in [1.54, 1.807) is 18.2 Å². The van der Waals surface area contributed by atoms with Gasteiger partial charge >= 0.3 is 0 Å². The fourth-order valence-electron chi connectivity index (χ4n) is 2.03. The van der Waals surface area contributed by atoms with Crippen LogP contribution in [0.15, 0.2) is 42.5 Å². The molecule has 0 aromatic heterocycles. The molecule has 1 N–H and O–H groups in total. The first-order valence-electron chi connectivity index (χ1n) is 6.47. The molecule has 0 saturated heterocycles. The van der Waals surface area contributed by atoms with Crippen LogP contribution in [0.1, 0.15) is 24.9 Å². The molecule has 0 aliphatic rings. The highest BCUT2D eigenvalue weighted by Crippen LogP contribution is 2.29. The Labute approximate surface area is 132 Å². The summed E-state index contributed by atoms with van der Waals surface area (Å²) in [5, 5.41) is 15.0. The van der Waals surface area contributed by atoms with Gasteiger partial charge in [-0.1, -0.05) is 36.2 Å². The van der Waals surface area contributed by atoms with Gasteiger partial charge in [-0.25, -0.2) is 0 Å². The predicted molar refractivity (Wildman–Crippen MR) is 86.2 cm³/mol. The summed E-state index contributed by atoms with van der Waals surface area (Å²) in [4.78, 5) is 10.2. The molecule has 0 spiro atoms. The first-order chi connectivity index (χ1) is 10.0. The molecule has 4 nitrogen and oxygen atoms in total. The van der Waals surface area contributed by atoms with Gasteiger partial charge in [0, 0.05) is 17.8 Å². The molecule has 0 aliphatic carbocycles. The maximum Gasteiger partial charge on any atom is 0.269 e. The molecule has 110 valence electrons. The van der Waals surface area contributed by atoms with Crippen LogP contribution in [-0.4, -0.2) is 4.92 Å². The molecule has 1 unspecified atom stereocenters. The summed E-state index contributed by atoms with van der Waals surface area (Å²) in [7, 11) is 0.